The van der Waals surface area contributed by atoms with Gasteiger partial charge in [-0.25, -0.2) is 18.5 Å². The van der Waals surface area contributed by atoms with Crippen LogP contribution >= 0.6 is 0 Å². The number of unbranched alkanes of at least 4 members (excludes halogenated alkanes) is 2. The molecule has 1 fully saturated rings. The van der Waals surface area contributed by atoms with Crippen LogP contribution in [0.25, 0.3) is 0 Å². The van der Waals surface area contributed by atoms with Crippen LogP contribution in [-0.4, -0.2) is 99.0 Å². The van der Waals surface area contributed by atoms with E-state index in [9.17, 15) is 33.6 Å². The van der Waals surface area contributed by atoms with Gasteiger partial charge in [0.15, 0.2) is 0 Å². The molecule has 3 rings (SSSR count). The third kappa shape index (κ3) is 7.90. The lowest BCUT2D eigenvalue weighted by molar-refractivity contribution is -0.124. The molecule has 6 atom stereocenters. The molecule has 1 aliphatic rings. The number of hydrogen-bond acceptors (Lipinski definition) is 11. The zero-order valence-corrected chi connectivity index (χ0v) is 23.6. The van der Waals surface area contributed by atoms with E-state index in [1.54, 1.807) is 12.1 Å². The highest BCUT2D eigenvalue weighted by atomic mass is 32.2. The number of aromatic nitrogens is 3. The molecule has 1 aromatic carbocycles. The van der Waals surface area contributed by atoms with Gasteiger partial charge in [-0.2, -0.15) is 9.82 Å². The lowest BCUT2D eigenvalue weighted by Crippen LogP contribution is -2.51. The first-order valence-electron chi connectivity index (χ1n) is 13.2. The van der Waals surface area contributed by atoms with Crippen LogP contribution in [0, 0.1) is 6.92 Å². The molecular weight excluding hydrogens is 542 g/mol. The average Bonchev–Trinajstić information content (AvgIpc) is 3.42. The maximum absolute atomic E-state index is 12.8. The van der Waals surface area contributed by atoms with Gasteiger partial charge in [-0.15, -0.1) is 5.10 Å². The molecule has 1 amide bonds. The maximum Gasteiger partial charge on any atom is 0.260 e. The van der Waals surface area contributed by atoms with Gasteiger partial charge in [0.05, 0.1) is 60.4 Å². The first kappa shape index (κ1) is 31.7. The number of hydrazone groups is 1. The van der Waals surface area contributed by atoms with Crippen molar-refractivity contribution < 1.29 is 33.6 Å². The van der Waals surface area contributed by atoms with Crippen molar-refractivity contribution in [3.05, 3.63) is 41.2 Å². The number of carbonyl (C=O) groups is 1. The molecule has 2 unspecified atom stereocenters. The van der Waals surface area contributed by atoms with Gasteiger partial charge in [-0.3, -0.25) is 4.79 Å². The second kappa shape index (κ2) is 14.2. The first-order valence-corrected chi connectivity index (χ1v) is 14.7. The molecule has 14 nitrogen and oxygen atoms in total. The monoisotopic (exact) mass is 581 g/mol. The standard InChI is InChI=1S/C25H39N7O7S/c1-4-5-6-7-18-21(32(31-28-18)13-19-23(35)24(36)20(14-33)27-19)12-26-29-25(37)22(16(3)34)30-40(38,39)17-10-8-15(2)9-11-17/h8-12,16,19-20,22-24,27,30,33-36H,4-7,13-14H2,1-3H3,(H,29,37)/b26-12+/t16?,19-,20-,22?,23-,24-/m1/s1. The van der Waals surface area contributed by atoms with Crippen LogP contribution in [0.4, 0.5) is 0 Å². The lowest BCUT2D eigenvalue weighted by Gasteiger charge is -2.19. The average molecular weight is 582 g/mol. The molecule has 0 aliphatic carbocycles. The van der Waals surface area contributed by atoms with E-state index in [2.05, 4.69) is 37.8 Å². The Hall–Kier alpha value is -2.79. The summed E-state index contributed by atoms with van der Waals surface area (Å²) in [5.41, 5.74) is 4.18. The maximum atomic E-state index is 12.8. The van der Waals surface area contributed by atoms with Gasteiger partial charge in [0.2, 0.25) is 10.0 Å². The minimum absolute atomic E-state index is 0.0528. The molecule has 7 N–H and O–H groups in total. The van der Waals surface area contributed by atoms with E-state index in [0.717, 1.165) is 24.8 Å². The normalized spacial score (nSPS) is 23.0. The predicted molar refractivity (Wildman–Crippen MR) is 146 cm³/mol. The molecule has 40 heavy (non-hydrogen) atoms. The van der Waals surface area contributed by atoms with E-state index in [1.165, 1.54) is 30.0 Å². The van der Waals surface area contributed by atoms with Gasteiger partial charge >= 0.3 is 0 Å². The number of benzene rings is 1. The molecule has 0 spiro atoms. The summed E-state index contributed by atoms with van der Waals surface area (Å²) in [7, 11) is -4.11. The molecule has 2 heterocycles. The predicted octanol–water partition coefficient (Wildman–Crippen LogP) is -1.45. The number of sulfonamides is 1. The minimum atomic E-state index is -4.11. The molecule has 15 heteroatoms. The molecule has 1 aromatic heterocycles. The van der Waals surface area contributed by atoms with Crippen molar-refractivity contribution in [2.75, 3.05) is 6.61 Å². The molecule has 0 bridgehead atoms. The van der Waals surface area contributed by atoms with Gasteiger partial charge in [0.1, 0.15) is 11.7 Å². The molecule has 0 radical (unpaired) electrons. The number of amides is 1. The van der Waals surface area contributed by atoms with Crippen LogP contribution < -0.4 is 15.5 Å². The molecule has 0 saturated carbocycles. The van der Waals surface area contributed by atoms with E-state index in [0.29, 0.717) is 17.8 Å². The van der Waals surface area contributed by atoms with E-state index in [-0.39, 0.29) is 18.0 Å². The molecule has 2 aromatic rings. The summed E-state index contributed by atoms with van der Waals surface area (Å²) < 4.78 is 29.2. The fourth-order valence-electron chi connectivity index (χ4n) is 4.36. The molecule has 222 valence electrons. The summed E-state index contributed by atoms with van der Waals surface area (Å²) in [5.74, 6) is -0.879. The Labute approximate surface area is 233 Å². The van der Waals surface area contributed by atoms with Gasteiger partial charge in [-0.1, -0.05) is 42.7 Å². The highest BCUT2D eigenvalue weighted by Crippen LogP contribution is 2.17. The third-order valence-corrected chi connectivity index (χ3v) is 8.23. The lowest BCUT2D eigenvalue weighted by atomic mass is 10.1. The Morgan fingerprint density at radius 2 is 1.88 bits per heavy atom. The van der Waals surface area contributed by atoms with Crippen LogP contribution in [-0.2, 0) is 27.8 Å². The highest BCUT2D eigenvalue weighted by molar-refractivity contribution is 7.89. The van der Waals surface area contributed by atoms with Gasteiger partial charge in [0.25, 0.3) is 5.91 Å². The Morgan fingerprint density at radius 1 is 1.20 bits per heavy atom. The number of carbonyl (C=O) groups excluding carboxylic acids is 1. The summed E-state index contributed by atoms with van der Waals surface area (Å²) >= 11 is 0. The summed E-state index contributed by atoms with van der Waals surface area (Å²) in [6.07, 6.45) is 1.02. The number of hydrogen-bond donors (Lipinski definition) is 7. The Kier molecular flexibility index (Phi) is 11.3. The Bertz CT molecular complexity index is 1250. The van der Waals surface area contributed by atoms with Crippen molar-refractivity contribution in [3.63, 3.8) is 0 Å². The fourth-order valence-corrected chi connectivity index (χ4v) is 5.63. The van der Waals surface area contributed by atoms with Crippen molar-refractivity contribution in [2.24, 2.45) is 5.10 Å². The number of nitrogens with one attached hydrogen (secondary N) is 3. The van der Waals surface area contributed by atoms with Gasteiger partial charge < -0.3 is 25.7 Å². The minimum Gasteiger partial charge on any atom is -0.395 e. The van der Waals surface area contributed by atoms with Crippen LogP contribution in [0.2, 0.25) is 0 Å². The quantitative estimate of drug-likeness (QED) is 0.0784. The van der Waals surface area contributed by atoms with E-state index in [4.69, 9.17) is 0 Å². The third-order valence-electron chi connectivity index (χ3n) is 6.77. The number of aliphatic hydroxyl groups is 4. The number of nitrogens with zero attached hydrogens (tertiary/aromatic N) is 4. The molecule has 1 saturated heterocycles. The van der Waals surface area contributed by atoms with E-state index >= 15 is 0 Å². The largest absolute Gasteiger partial charge is 0.395 e. The zero-order chi connectivity index (χ0) is 29.4. The zero-order valence-electron chi connectivity index (χ0n) is 22.8. The smallest absolute Gasteiger partial charge is 0.260 e. The van der Waals surface area contributed by atoms with Crippen LogP contribution in [0.3, 0.4) is 0 Å². The van der Waals surface area contributed by atoms with Crippen molar-refractivity contribution in [3.8, 4) is 0 Å². The second-order valence-electron chi connectivity index (χ2n) is 9.99. The van der Waals surface area contributed by atoms with E-state index < -0.39 is 52.4 Å². The van der Waals surface area contributed by atoms with Crippen LogP contribution in [0.1, 0.15) is 50.1 Å². The summed E-state index contributed by atoms with van der Waals surface area (Å²) in [6.45, 7) is 4.90. The second-order valence-corrected chi connectivity index (χ2v) is 11.7. The summed E-state index contributed by atoms with van der Waals surface area (Å²) in [5, 5.41) is 55.4. The topological polar surface area (TPSA) is 211 Å². The number of aliphatic hydroxyl groups excluding tert-OH is 4. The number of aryl methyl sites for hydroxylation is 2. The Morgan fingerprint density at radius 3 is 2.48 bits per heavy atom. The van der Waals surface area contributed by atoms with Crippen LogP contribution in [0.15, 0.2) is 34.3 Å². The number of rotatable bonds is 14. The summed E-state index contributed by atoms with van der Waals surface area (Å²) in [4.78, 5) is 12.8. The SMILES string of the molecule is CCCCCc1nnn(C[C@H]2N[C@H](CO)[C@@H](O)[C@@H]2O)c1/C=N/NC(=O)C(NS(=O)(=O)c1ccc(C)cc1)C(C)O. The summed E-state index contributed by atoms with van der Waals surface area (Å²) in [6, 6.07) is 3.20. The van der Waals surface area contributed by atoms with Crippen molar-refractivity contribution in [1.82, 2.24) is 30.5 Å². The highest BCUT2D eigenvalue weighted by Gasteiger charge is 2.41. The van der Waals surface area contributed by atoms with Crippen molar-refractivity contribution in [2.45, 2.75) is 94.3 Å². The van der Waals surface area contributed by atoms with Crippen LogP contribution in [0.5, 0.6) is 0 Å². The molecule has 1 aliphatic heterocycles. The van der Waals surface area contributed by atoms with Crippen molar-refractivity contribution in [1.29, 1.82) is 0 Å². The first-order chi connectivity index (χ1) is 19.0. The van der Waals surface area contributed by atoms with Crippen molar-refractivity contribution >= 4 is 22.1 Å². The molecular formula is C25H39N7O7S. The Balaban J connectivity index is 1.76. The fraction of sp³-hybridized carbons (Fsp3) is 0.600. The van der Waals surface area contributed by atoms with Gasteiger partial charge in [-0.05, 0) is 38.8 Å². The van der Waals surface area contributed by atoms with E-state index in [1.807, 2.05) is 6.92 Å². The van der Waals surface area contributed by atoms with Gasteiger partial charge in [0, 0.05) is 0 Å².